The van der Waals surface area contributed by atoms with Gasteiger partial charge < -0.3 is 9.64 Å². The van der Waals surface area contributed by atoms with Crippen molar-refractivity contribution in [1.29, 1.82) is 0 Å². The van der Waals surface area contributed by atoms with Crippen molar-refractivity contribution in [3.8, 4) is 6.01 Å². The van der Waals surface area contributed by atoms with E-state index in [2.05, 4.69) is 33.7 Å². The monoisotopic (exact) mass is 258 g/mol. The summed E-state index contributed by atoms with van der Waals surface area (Å²) in [5.74, 6) is 0.587. The van der Waals surface area contributed by atoms with Crippen molar-refractivity contribution in [3.05, 3.63) is 5.28 Å². The van der Waals surface area contributed by atoms with Gasteiger partial charge in [-0.2, -0.15) is 15.0 Å². The summed E-state index contributed by atoms with van der Waals surface area (Å²) in [7, 11) is 0. The summed E-state index contributed by atoms with van der Waals surface area (Å²) < 4.78 is 5.25. The van der Waals surface area contributed by atoms with E-state index in [1.807, 2.05) is 6.92 Å². The molecule has 0 aromatic carbocycles. The van der Waals surface area contributed by atoms with Crippen LogP contribution >= 0.6 is 11.6 Å². The minimum Gasteiger partial charge on any atom is -0.464 e. The van der Waals surface area contributed by atoms with Crippen LogP contribution in [0, 0.1) is 0 Å². The van der Waals surface area contributed by atoms with Gasteiger partial charge in [0.15, 0.2) is 0 Å². The molecule has 6 heteroatoms. The molecule has 0 radical (unpaired) electrons. The van der Waals surface area contributed by atoms with E-state index in [1.165, 1.54) is 0 Å². The fourth-order valence-corrected chi connectivity index (χ4v) is 1.55. The van der Waals surface area contributed by atoms with Crippen LogP contribution in [0.4, 0.5) is 5.95 Å². The zero-order chi connectivity index (χ0) is 12.7. The third-order valence-electron chi connectivity index (χ3n) is 2.30. The number of rotatable bonds is 7. The van der Waals surface area contributed by atoms with Crippen molar-refractivity contribution in [1.82, 2.24) is 15.0 Å². The van der Waals surface area contributed by atoms with Gasteiger partial charge in [0.25, 0.3) is 0 Å². The molecule has 96 valence electrons. The van der Waals surface area contributed by atoms with Gasteiger partial charge in [0.05, 0.1) is 6.61 Å². The van der Waals surface area contributed by atoms with Crippen molar-refractivity contribution in [3.63, 3.8) is 0 Å². The summed E-state index contributed by atoms with van der Waals surface area (Å²) in [5.41, 5.74) is 0. The Morgan fingerprint density at radius 3 is 2.53 bits per heavy atom. The predicted molar refractivity (Wildman–Crippen MR) is 68.8 cm³/mol. The van der Waals surface area contributed by atoms with Crippen molar-refractivity contribution >= 4 is 17.5 Å². The maximum absolute atomic E-state index is 5.85. The third-order valence-corrected chi connectivity index (χ3v) is 2.46. The quantitative estimate of drug-likeness (QED) is 0.752. The maximum atomic E-state index is 5.85. The highest BCUT2D eigenvalue weighted by molar-refractivity contribution is 6.28. The molecule has 1 heterocycles. The highest BCUT2D eigenvalue weighted by atomic mass is 35.5. The molecule has 0 N–H and O–H groups in total. The third kappa shape index (κ3) is 4.34. The molecule has 1 aromatic rings. The molecule has 0 aliphatic carbocycles. The van der Waals surface area contributed by atoms with Crippen LogP contribution in [-0.2, 0) is 0 Å². The lowest BCUT2D eigenvalue weighted by Crippen LogP contribution is -2.26. The zero-order valence-corrected chi connectivity index (χ0v) is 11.4. The van der Waals surface area contributed by atoms with Gasteiger partial charge in [-0.15, -0.1) is 0 Å². The SMILES string of the molecule is CCCCN(CC)c1nc(Cl)nc(OCC)n1. The Morgan fingerprint density at radius 2 is 1.94 bits per heavy atom. The lowest BCUT2D eigenvalue weighted by molar-refractivity contribution is 0.311. The molecule has 0 bridgehead atoms. The highest BCUT2D eigenvalue weighted by Gasteiger charge is 2.11. The van der Waals surface area contributed by atoms with Gasteiger partial charge in [0, 0.05) is 13.1 Å². The minimum absolute atomic E-state index is 0.174. The Balaban J connectivity index is 2.85. The molecule has 0 saturated carbocycles. The Kier molecular flexibility index (Phi) is 5.97. The smallest absolute Gasteiger partial charge is 0.322 e. The van der Waals surface area contributed by atoms with Crippen molar-refractivity contribution in [2.75, 3.05) is 24.6 Å². The number of nitrogens with zero attached hydrogens (tertiary/aromatic N) is 4. The van der Waals surface area contributed by atoms with Gasteiger partial charge in [0.1, 0.15) is 0 Å². The molecule has 0 aliphatic rings. The van der Waals surface area contributed by atoms with Gasteiger partial charge in [-0.25, -0.2) is 0 Å². The Labute approximate surface area is 107 Å². The molecule has 0 unspecified atom stereocenters. The van der Waals surface area contributed by atoms with Gasteiger partial charge in [-0.1, -0.05) is 13.3 Å². The highest BCUT2D eigenvalue weighted by Crippen LogP contribution is 2.15. The second kappa shape index (κ2) is 7.27. The zero-order valence-electron chi connectivity index (χ0n) is 10.6. The first-order valence-electron chi connectivity index (χ1n) is 6.00. The lowest BCUT2D eigenvalue weighted by Gasteiger charge is -2.20. The topological polar surface area (TPSA) is 51.1 Å². The molecule has 0 aliphatic heterocycles. The summed E-state index contributed by atoms with van der Waals surface area (Å²) in [6.07, 6.45) is 2.23. The summed E-state index contributed by atoms with van der Waals surface area (Å²) in [6.45, 7) is 8.37. The number of ether oxygens (including phenoxy) is 1. The number of anilines is 1. The number of halogens is 1. The van der Waals surface area contributed by atoms with E-state index >= 15 is 0 Å². The van der Waals surface area contributed by atoms with E-state index < -0.39 is 0 Å². The largest absolute Gasteiger partial charge is 0.464 e. The first kappa shape index (κ1) is 14.0. The molecule has 1 rings (SSSR count). The van der Waals surface area contributed by atoms with Crippen LogP contribution in [0.25, 0.3) is 0 Å². The van der Waals surface area contributed by atoms with E-state index in [0.29, 0.717) is 12.6 Å². The van der Waals surface area contributed by atoms with Crippen LogP contribution in [-0.4, -0.2) is 34.6 Å². The molecule has 1 aromatic heterocycles. The Morgan fingerprint density at radius 1 is 1.18 bits per heavy atom. The molecular formula is C11H19ClN4O. The summed E-state index contributed by atoms with van der Waals surface area (Å²) in [6, 6.07) is 0.289. The lowest BCUT2D eigenvalue weighted by atomic mass is 10.3. The molecule has 5 nitrogen and oxygen atoms in total. The maximum Gasteiger partial charge on any atom is 0.322 e. The number of hydrogen-bond acceptors (Lipinski definition) is 5. The molecule has 0 fully saturated rings. The van der Waals surface area contributed by atoms with E-state index in [0.717, 1.165) is 25.9 Å². The minimum atomic E-state index is 0.174. The van der Waals surface area contributed by atoms with Crippen molar-refractivity contribution in [2.24, 2.45) is 0 Å². The average molecular weight is 259 g/mol. The van der Waals surface area contributed by atoms with Crippen LogP contribution < -0.4 is 9.64 Å². The number of aromatic nitrogens is 3. The van der Waals surface area contributed by atoms with E-state index in [9.17, 15) is 0 Å². The van der Waals surface area contributed by atoms with Crippen molar-refractivity contribution in [2.45, 2.75) is 33.6 Å². The van der Waals surface area contributed by atoms with Crippen LogP contribution in [0.5, 0.6) is 6.01 Å². The van der Waals surface area contributed by atoms with Crippen molar-refractivity contribution < 1.29 is 4.74 Å². The summed E-state index contributed by atoms with van der Waals surface area (Å²) >= 11 is 5.85. The summed E-state index contributed by atoms with van der Waals surface area (Å²) in [4.78, 5) is 14.4. The normalized spacial score (nSPS) is 10.4. The van der Waals surface area contributed by atoms with Gasteiger partial charge in [-0.05, 0) is 31.9 Å². The Hall–Kier alpha value is -1.10. The van der Waals surface area contributed by atoms with Gasteiger partial charge >= 0.3 is 6.01 Å². The fraction of sp³-hybridized carbons (Fsp3) is 0.727. The van der Waals surface area contributed by atoms with E-state index in [1.54, 1.807) is 0 Å². The molecule has 0 atom stereocenters. The first-order chi connectivity index (χ1) is 8.21. The fourth-order valence-electron chi connectivity index (χ4n) is 1.41. The Bertz CT molecular complexity index is 348. The molecule has 0 amide bonds. The first-order valence-corrected chi connectivity index (χ1v) is 6.38. The van der Waals surface area contributed by atoms with Gasteiger partial charge in [0.2, 0.25) is 11.2 Å². The average Bonchev–Trinajstić information content (AvgIpc) is 2.30. The van der Waals surface area contributed by atoms with Crippen LogP contribution in [0.1, 0.15) is 33.6 Å². The van der Waals surface area contributed by atoms with E-state index in [-0.39, 0.29) is 11.3 Å². The molecule has 0 saturated heterocycles. The van der Waals surface area contributed by atoms with Crippen LogP contribution in [0.3, 0.4) is 0 Å². The second-order valence-corrected chi connectivity index (χ2v) is 3.89. The predicted octanol–water partition coefficient (Wildman–Crippen LogP) is 2.55. The molecule has 17 heavy (non-hydrogen) atoms. The van der Waals surface area contributed by atoms with E-state index in [4.69, 9.17) is 16.3 Å². The summed E-state index contributed by atoms with van der Waals surface area (Å²) in [5, 5.41) is 0.174. The standard InChI is InChI=1S/C11H19ClN4O/c1-4-7-8-16(5-2)10-13-9(12)14-11(15-10)17-6-3/h4-8H2,1-3H3. The molecule has 0 spiro atoms. The molecular weight excluding hydrogens is 240 g/mol. The number of hydrogen-bond donors (Lipinski definition) is 0. The van der Waals surface area contributed by atoms with Crippen LogP contribution in [0.15, 0.2) is 0 Å². The second-order valence-electron chi connectivity index (χ2n) is 3.55. The number of unbranched alkanes of at least 4 members (excludes halogenated alkanes) is 1. The van der Waals surface area contributed by atoms with Crippen LogP contribution in [0.2, 0.25) is 5.28 Å². The van der Waals surface area contributed by atoms with Gasteiger partial charge in [-0.3, -0.25) is 0 Å².